The average Bonchev–Trinajstić information content (AvgIpc) is 2.46. The van der Waals surface area contributed by atoms with Gasteiger partial charge in [0.15, 0.2) is 0 Å². The number of benzene rings is 1. The lowest BCUT2D eigenvalue weighted by molar-refractivity contribution is 0.221. The fourth-order valence-corrected chi connectivity index (χ4v) is 3.14. The van der Waals surface area contributed by atoms with Gasteiger partial charge in [-0.15, -0.1) is 0 Å². The predicted octanol–water partition coefficient (Wildman–Crippen LogP) is 2.55. The second kappa shape index (κ2) is 6.55. The quantitative estimate of drug-likeness (QED) is 0.864. The van der Waals surface area contributed by atoms with E-state index in [1.165, 1.54) is 31.5 Å². The van der Waals surface area contributed by atoms with Crippen molar-refractivity contribution in [3.63, 3.8) is 0 Å². The first-order chi connectivity index (χ1) is 9.52. The van der Waals surface area contributed by atoms with Gasteiger partial charge in [0.1, 0.15) is 4.99 Å². The Morgan fingerprint density at radius 2 is 2.05 bits per heavy atom. The Morgan fingerprint density at radius 3 is 2.60 bits per heavy atom. The van der Waals surface area contributed by atoms with Crippen molar-refractivity contribution >= 4 is 22.9 Å². The number of aryl methyl sites for hydroxylation is 1. The summed E-state index contributed by atoms with van der Waals surface area (Å²) >= 11 is 5.21. The summed E-state index contributed by atoms with van der Waals surface area (Å²) in [6.07, 6.45) is 2.41. The Balaban J connectivity index is 2.17. The molecule has 2 N–H and O–H groups in total. The van der Waals surface area contributed by atoms with Crippen molar-refractivity contribution in [2.45, 2.75) is 32.7 Å². The number of nitrogens with zero attached hydrogens (tertiary/aromatic N) is 2. The van der Waals surface area contributed by atoms with E-state index in [9.17, 15) is 0 Å². The van der Waals surface area contributed by atoms with Crippen LogP contribution in [0.4, 0.5) is 5.69 Å². The third-order valence-electron chi connectivity index (χ3n) is 4.35. The number of hydrogen-bond acceptors (Lipinski definition) is 3. The SMILES string of the molecule is CCN1CCC(N(C)c2ccc(C)cc2C(N)=S)CC1. The van der Waals surface area contributed by atoms with Gasteiger partial charge in [0, 0.05) is 37.4 Å². The van der Waals surface area contributed by atoms with Crippen molar-refractivity contribution in [2.75, 3.05) is 31.6 Å². The lowest BCUT2D eigenvalue weighted by Gasteiger charge is -2.38. The molecule has 0 amide bonds. The maximum atomic E-state index is 5.89. The van der Waals surface area contributed by atoms with Crippen molar-refractivity contribution in [2.24, 2.45) is 5.73 Å². The molecule has 0 saturated carbocycles. The average molecular weight is 291 g/mol. The van der Waals surface area contributed by atoms with Crippen LogP contribution in [-0.2, 0) is 0 Å². The van der Waals surface area contributed by atoms with Crippen LogP contribution < -0.4 is 10.6 Å². The summed E-state index contributed by atoms with van der Waals surface area (Å²) in [5.41, 5.74) is 9.26. The normalized spacial score (nSPS) is 17.1. The molecule has 3 nitrogen and oxygen atoms in total. The van der Waals surface area contributed by atoms with E-state index >= 15 is 0 Å². The van der Waals surface area contributed by atoms with Crippen LogP contribution >= 0.6 is 12.2 Å². The van der Waals surface area contributed by atoms with Gasteiger partial charge in [-0.2, -0.15) is 0 Å². The summed E-state index contributed by atoms with van der Waals surface area (Å²) in [4.78, 5) is 5.36. The molecule has 0 spiro atoms. The smallest absolute Gasteiger partial charge is 0.106 e. The number of nitrogens with two attached hydrogens (primary N) is 1. The van der Waals surface area contributed by atoms with Crippen LogP contribution in [0.5, 0.6) is 0 Å². The molecule has 1 aromatic rings. The van der Waals surface area contributed by atoms with Crippen LogP contribution in [0.25, 0.3) is 0 Å². The predicted molar refractivity (Wildman–Crippen MR) is 90.6 cm³/mol. The summed E-state index contributed by atoms with van der Waals surface area (Å²) < 4.78 is 0. The van der Waals surface area contributed by atoms with Crippen molar-refractivity contribution in [1.82, 2.24) is 4.90 Å². The summed E-state index contributed by atoms with van der Waals surface area (Å²) in [6.45, 7) is 7.82. The number of rotatable bonds is 4. The van der Waals surface area contributed by atoms with Gasteiger partial charge in [-0.05, 0) is 38.4 Å². The Bertz CT molecular complexity index is 479. The molecule has 1 aliphatic heterocycles. The van der Waals surface area contributed by atoms with Crippen LogP contribution in [0.2, 0.25) is 0 Å². The molecule has 20 heavy (non-hydrogen) atoms. The van der Waals surface area contributed by atoms with E-state index in [0.29, 0.717) is 11.0 Å². The van der Waals surface area contributed by atoms with Crippen LogP contribution in [0.15, 0.2) is 18.2 Å². The molecule has 1 heterocycles. The van der Waals surface area contributed by atoms with Crippen LogP contribution in [0, 0.1) is 6.92 Å². The van der Waals surface area contributed by atoms with Crippen molar-refractivity contribution in [3.8, 4) is 0 Å². The standard InChI is InChI=1S/C16H25N3S/c1-4-19-9-7-13(8-10-19)18(3)15-6-5-12(2)11-14(15)16(17)20/h5-6,11,13H,4,7-10H2,1-3H3,(H2,17,20). The zero-order valence-electron chi connectivity index (χ0n) is 12.7. The fourth-order valence-electron chi connectivity index (χ4n) is 2.97. The molecular formula is C16H25N3S. The minimum atomic E-state index is 0.488. The lowest BCUT2D eigenvalue weighted by Crippen LogP contribution is -2.43. The molecule has 1 aromatic carbocycles. The molecule has 4 heteroatoms. The molecule has 0 aromatic heterocycles. The third kappa shape index (κ3) is 3.30. The van der Waals surface area contributed by atoms with Gasteiger partial charge in [-0.1, -0.05) is 30.8 Å². The number of anilines is 1. The Hall–Kier alpha value is -1.13. The highest BCUT2D eigenvalue weighted by Gasteiger charge is 2.23. The van der Waals surface area contributed by atoms with Gasteiger partial charge in [0.2, 0.25) is 0 Å². The number of likely N-dealkylation sites (tertiary alicyclic amines) is 1. The Labute approximate surface area is 127 Å². The topological polar surface area (TPSA) is 32.5 Å². The first-order valence-electron chi connectivity index (χ1n) is 7.38. The van der Waals surface area contributed by atoms with E-state index in [0.717, 1.165) is 17.8 Å². The first kappa shape index (κ1) is 15.3. The summed E-state index contributed by atoms with van der Waals surface area (Å²) in [7, 11) is 2.17. The molecule has 2 rings (SSSR count). The van der Waals surface area contributed by atoms with Gasteiger partial charge >= 0.3 is 0 Å². The second-order valence-corrected chi connectivity index (χ2v) is 6.10. The van der Waals surface area contributed by atoms with Crippen LogP contribution in [0.1, 0.15) is 30.9 Å². The number of thiocarbonyl (C=S) groups is 1. The van der Waals surface area contributed by atoms with Gasteiger partial charge in [0.05, 0.1) is 0 Å². The molecule has 110 valence electrons. The minimum absolute atomic E-state index is 0.488. The molecule has 0 bridgehead atoms. The van der Waals surface area contributed by atoms with Crippen molar-refractivity contribution in [3.05, 3.63) is 29.3 Å². The zero-order chi connectivity index (χ0) is 14.7. The summed E-state index contributed by atoms with van der Waals surface area (Å²) in [6, 6.07) is 6.95. The van der Waals surface area contributed by atoms with E-state index in [2.05, 4.69) is 48.9 Å². The molecule has 1 saturated heterocycles. The monoisotopic (exact) mass is 291 g/mol. The molecule has 0 aliphatic carbocycles. The van der Waals surface area contributed by atoms with E-state index in [1.54, 1.807) is 0 Å². The van der Waals surface area contributed by atoms with Crippen molar-refractivity contribution in [1.29, 1.82) is 0 Å². The molecule has 1 fully saturated rings. The van der Waals surface area contributed by atoms with Gasteiger partial charge in [0.25, 0.3) is 0 Å². The van der Waals surface area contributed by atoms with E-state index in [4.69, 9.17) is 18.0 Å². The van der Waals surface area contributed by atoms with Crippen LogP contribution in [-0.4, -0.2) is 42.6 Å². The third-order valence-corrected chi connectivity index (χ3v) is 4.57. The summed E-state index contributed by atoms with van der Waals surface area (Å²) in [5, 5.41) is 0. The van der Waals surface area contributed by atoms with Crippen LogP contribution in [0.3, 0.4) is 0 Å². The van der Waals surface area contributed by atoms with Gasteiger partial charge < -0.3 is 15.5 Å². The zero-order valence-corrected chi connectivity index (χ0v) is 13.5. The molecule has 1 aliphatic rings. The maximum absolute atomic E-state index is 5.89. The molecular weight excluding hydrogens is 266 g/mol. The summed E-state index contributed by atoms with van der Waals surface area (Å²) in [5.74, 6) is 0. The largest absolute Gasteiger partial charge is 0.389 e. The Morgan fingerprint density at radius 1 is 1.40 bits per heavy atom. The fraction of sp³-hybridized carbons (Fsp3) is 0.562. The van der Waals surface area contributed by atoms with Crippen molar-refractivity contribution < 1.29 is 0 Å². The van der Waals surface area contributed by atoms with E-state index in [1.807, 2.05) is 0 Å². The second-order valence-electron chi connectivity index (χ2n) is 5.66. The highest BCUT2D eigenvalue weighted by Crippen LogP contribution is 2.26. The van der Waals surface area contributed by atoms with E-state index in [-0.39, 0.29) is 0 Å². The highest BCUT2D eigenvalue weighted by atomic mass is 32.1. The maximum Gasteiger partial charge on any atom is 0.106 e. The Kier molecular flexibility index (Phi) is 5.00. The first-order valence-corrected chi connectivity index (χ1v) is 7.79. The van der Waals surface area contributed by atoms with Gasteiger partial charge in [-0.3, -0.25) is 0 Å². The van der Waals surface area contributed by atoms with Gasteiger partial charge in [-0.25, -0.2) is 0 Å². The molecule has 0 unspecified atom stereocenters. The highest BCUT2D eigenvalue weighted by molar-refractivity contribution is 7.80. The number of hydrogen-bond donors (Lipinski definition) is 1. The van der Waals surface area contributed by atoms with E-state index < -0.39 is 0 Å². The minimum Gasteiger partial charge on any atom is -0.389 e. The lowest BCUT2D eigenvalue weighted by atomic mass is 10.0. The molecule has 0 radical (unpaired) electrons. The molecule has 0 atom stereocenters. The number of piperidine rings is 1.